The highest BCUT2D eigenvalue weighted by Crippen LogP contribution is 2.50. The van der Waals surface area contributed by atoms with E-state index in [4.69, 9.17) is 29.9 Å². The monoisotopic (exact) mass is 1410 g/mol. The van der Waals surface area contributed by atoms with E-state index in [2.05, 4.69) is 52.3 Å². The number of rotatable bonds is 68. The minimum absolute atomic E-state index is 1.00. The van der Waals surface area contributed by atoms with E-state index in [1.807, 2.05) is 34.0 Å². The third-order valence-electron chi connectivity index (χ3n) is 21.9. The van der Waals surface area contributed by atoms with Gasteiger partial charge in [0.2, 0.25) is 0 Å². The summed E-state index contributed by atoms with van der Waals surface area (Å²) in [5.41, 5.74) is 14.0. The highest BCUT2D eigenvalue weighted by molar-refractivity contribution is 7.28. The van der Waals surface area contributed by atoms with Crippen LogP contribution < -0.4 is 0 Å². The Morgan fingerprint density at radius 3 is 0.535 bits per heavy atom. The predicted octanol–water partition coefficient (Wildman–Crippen LogP) is 31.8. The van der Waals surface area contributed by atoms with Gasteiger partial charge in [0.15, 0.2) is 0 Å². The molecule has 0 unspecified atom stereocenters. The summed E-state index contributed by atoms with van der Waals surface area (Å²) in [6.07, 6.45) is 86.9. The Balaban J connectivity index is 1.37. The molecular weight excluding hydrogens is 1260 g/mol. The Morgan fingerprint density at radius 2 is 0.343 bits per heavy atom. The van der Waals surface area contributed by atoms with Crippen LogP contribution in [-0.4, -0.2) is 29.9 Å². The molecule has 0 bridgehead atoms. The molecule has 0 N–H and O–H groups in total. The molecule has 0 aliphatic rings. The summed E-state index contributed by atoms with van der Waals surface area (Å²) in [6.45, 7) is 14.0. The van der Waals surface area contributed by atoms with Gasteiger partial charge in [-0.3, -0.25) is 0 Å². The molecule has 0 fully saturated rings. The third-order valence-corrected chi connectivity index (χ3v) is 25.3. The summed E-state index contributed by atoms with van der Waals surface area (Å²) in [5.74, 6) is 0. The molecule has 0 aliphatic carbocycles. The van der Waals surface area contributed by atoms with Crippen LogP contribution in [0.5, 0.6) is 0 Å². The van der Waals surface area contributed by atoms with Crippen molar-refractivity contribution in [3.8, 4) is 19.5 Å². The van der Waals surface area contributed by atoms with E-state index < -0.39 is 0 Å². The molecule has 6 nitrogen and oxygen atoms in total. The van der Waals surface area contributed by atoms with Crippen LogP contribution in [0, 0.1) is 0 Å². The fourth-order valence-corrected chi connectivity index (χ4v) is 18.7. The smallest absolute Gasteiger partial charge is 0.109 e. The van der Waals surface area contributed by atoms with Crippen molar-refractivity contribution in [3.05, 3.63) is 44.9 Å². The minimum Gasteiger partial charge on any atom is -0.248 e. The molecule has 99 heavy (non-hydrogen) atoms. The van der Waals surface area contributed by atoms with E-state index in [9.17, 15) is 0 Å². The first-order chi connectivity index (χ1) is 49.0. The van der Waals surface area contributed by atoms with Gasteiger partial charge in [-0.05, 0) is 77.0 Å². The first-order valence-electron chi connectivity index (χ1n) is 43.9. The molecule has 6 heterocycles. The minimum atomic E-state index is 1.00. The lowest BCUT2D eigenvalue weighted by molar-refractivity contribution is 0.551. The Hall–Kier alpha value is -2.88. The average Bonchev–Trinajstić information content (AvgIpc) is 1.59. The molecule has 0 radical (unpaired) electrons. The van der Waals surface area contributed by atoms with Gasteiger partial charge in [0.1, 0.15) is 33.1 Å². The Kier molecular flexibility index (Phi) is 48.5. The largest absolute Gasteiger partial charge is 0.248 e. The van der Waals surface area contributed by atoms with Gasteiger partial charge in [-0.1, -0.05) is 388 Å². The summed E-state index contributed by atoms with van der Waals surface area (Å²) in [6, 6.07) is 0. The molecule has 0 saturated carbocycles. The Bertz CT molecular complexity index is 2720. The molecule has 6 rings (SSSR count). The topological polar surface area (TPSA) is 77.3 Å². The number of hydrogen-bond acceptors (Lipinski definition) is 9. The molecule has 0 aliphatic heterocycles. The van der Waals surface area contributed by atoms with Crippen molar-refractivity contribution in [2.45, 2.75) is 465 Å². The van der Waals surface area contributed by atoms with Crippen molar-refractivity contribution < 1.29 is 0 Å². The van der Waals surface area contributed by atoms with Gasteiger partial charge in [0, 0.05) is 10.8 Å². The molecular formula is C90H152N6S3. The normalized spacial score (nSPS) is 12.0. The van der Waals surface area contributed by atoms with Crippen molar-refractivity contribution in [1.82, 2.24) is 29.9 Å². The maximum absolute atomic E-state index is 6.00. The van der Waals surface area contributed by atoms with E-state index >= 15 is 0 Å². The maximum Gasteiger partial charge on any atom is 0.109 e. The first kappa shape index (κ1) is 85.1. The number of unbranched alkanes of at least 4 members (excludes halogenated alkanes) is 54. The van der Waals surface area contributed by atoms with Gasteiger partial charge in [-0.2, -0.15) is 0 Å². The highest BCUT2D eigenvalue weighted by Gasteiger charge is 2.27. The van der Waals surface area contributed by atoms with Gasteiger partial charge in [-0.15, -0.1) is 34.0 Å². The Morgan fingerprint density at radius 1 is 0.182 bits per heavy atom. The lowest BCUT2D eigenvalue weighted by atomic mass is 10.0. The lowest BCUT2D eigenvalue weighted by Gasteiger charge is -2.11. The molecule has 0 amide bonds. The van der Waals surface area contributed by atoms with Crippen LogP contribution in [0.15, 0.2) is 10.8 Å². The fraction of sp³-hybridized carbons (Fsp3) is 0.800. The van der Waals surface area contributed by atoms with Crippen molar-refractivity contribution in [2.24, 2.45) is 0 Å². The van der Waals surface area contributed by atoms with Crippen LogP contribution in [-0.2, 0) is 38.5 Å². The number of hydrogen-bond donors (Lipinski definition) is 0. The second-order valence-electron chi connectivity index (χ2n) is 31.0. The van der Waals surface area contributed by atoms with E-state index in [0.29, 0.717) is 0 Å². The van der Waals surface area contributed by atoms with Gasteiger partial charge in [0.25, 0.3) is 0 Å². The molecule has 0 aromatic carbocycles. The van der Waals surface area contributed by atoms with Crippen molar-refractivity contribution in [2.75, 3.05) is 0 Å². The zero-order chi connectivity index (χ0) is 69.7. The second-order valence-corrected chi connectivity index (χ2v) is 33.8. The molecule has 0 spiro atoms. The number of aromatic nitrogens is 6. The number of aryl methyl sites for hydroxylation is 6. The number of thiophene rings is 3. The quantitative estimate of drug-likeness (QED) is 0.0354. The summed E-state index contributed by atoms with van der Waals surface area (Å²) in [7, 11) is 0. The standard InChI is InChI=1S/C90H152N6S3/c1-7-13-19-25-31-37-43-49-55-61-67-75-77(69-63-57-51-45-39-33-27-21-15-9-3)93-83-81(91-75)73-97-87(83)89-85-86(96-80(72-66-60-54-48-42-36-30-24-18-12-6)79(95-85)71-65-59-53-47-41-35-29-23-17-11-5)90(99-89)88-84-82(74-98-88)92-76(68-62-56-50-44-38-32-26-20-14-8-2)78(94-84)70-64-58-52-46-40-34-28-22-16-10-4/h73-74H,7-72H2,1-6H3. The van der Waals surface area contributed by atoms with Gasteiger partial charge >= 0.3 is 0 Å². The van der Waals surface area contributed by atoms with E-state index in [1.165, 1.54) is 439 Å². The van der Waals surface area contributed by atoms with Gasteiger partial charge in [-0.25, -0.2) is 29.9 Å². The summed E-state index contributed by atoms with van der Waals surface area (Å²) in [5, 5.41) is 4.68. The predicted molar refractivity (Wildman–Crippen MR) is 444 cm³/mol. The highest BCUT2D eigenvalue weighted by atomic mass is 32.1. The van der Waals surface area contributed by atoms with Crippen molar-refractivity contribution in [3.63, 3.8) is 0 Å². The van der Waals surface area contributed by atoms with Gasteiger partial charge in [0.05, 0.1) is 53.7 Å². The SMILES string of the molecule is CCCCCCCCCCCCc1nc2csc(-c3sc(-c4scc5nc(CCCCCCCCCCCC)c(CCCCCCCCCCCC)nc45)c4nc(CCCCCCCCCCCC)c(CCCCCCCCCCCC)nc34)c2nc1CCCCCCCCCCCC. The molecule has 0 saturated heterocycles. The molecule has 6 aromatic heterocycles. The summed E-state index contributed by atoms with van der Waals surface area (Å²) in [4.78, 5) is 40.0. The zero-order valence-electron chi connectivity index (χ0n) is 65.7. The fourth-order valence-electron chi connectivity index (χ4n) is 15.4. The summed E-state index contributed by atoms with van der Waals surface area (Å²) >= 11 is 5.65. The molecule has 9 heteroatoms. The van der Waals surface area contributed by atoms with E-state index in [1.54, 1.807) is 0 Å². The first-order valence-corrected chi connectivity index (χ1v) is 46.5. The second kappa shape index (κ2) is 56.5. The zero-order valence-corrected chi connectivity index (χ0v) is 68.2. The van der Waals surface area contributed by atoms with Crippen molar-refractivity contribution >= 4 is 67.1 Å². The summed E-state index contributed by atoms with van der Waals surface area (Å²) < 4.78 is 0. The number of fused-ring (bicyclic) bond motifs is 3. The number of nitrogens with zero attached hydrogens (tertiary/aromatic N) is 6. The van der Waals surface area contributed by atoms with Crippen LogP contribution in [0.3, 0.4) is 0 Å². The maximum atomic E-state index is 6.00. The molecule has 0 atom stereocenters. The lowest BCUT2D eigenvalue weighted by Crippen LogP contribution is -2.04. The molecule has 6 aromatic rings. The average molecular weight is 1410 g/mol. The van der Waals surface area contributed by atoms with E-state index in [-0.39, 0.29) is 0 Å². The van der Waals surface area contributed by atoms with Crippen LogP contribution in [0.25, 0.3) is 52.6 Å². The third kappa shape index (κ3) is 34.3. The van der Waals surface area contributed by atoms with Crippen LogP contribution >= 0.6 is 34.0 Å². The van der Waals surface area contributed by atoms with Crippen LogP contribution in [0.1, 0.15) is 461 Å². The van der Waals surface area contributed by atoms with Gasteiger partial charge < -0.3 is 0 Å². The van der Waals surface area contributed by atoms with Crippen molar-refractivity contribution in [1.29, 1.82) is 0 Å². The van der Waals surface area contributed by atoms with Crippen LogP contribution in [0.4, 0.5) is 0 Å². The molecule has 560 valence electrons. The Labute approximate surface area is 622 Å². The van der Waals surface area contributed by atoms with Crippen LogP contribution in [0.2, 0.25) is 0 Å². The van der Waals surface area contributed by atoms with E-state index in [0.717, 1.165) is 71.6 Å².